The molecule has 1 amide bonds. The smallest absolute Gasteiger partial charge is 0.236 e. The average Bonchev–Trinajstić information content (AvgIpc) is 2.49. The first kappa shape index (κ1) is 18.7. The molecule has 1 aromatic rings. The van der Waals surface area contributed by atoms with Gasteiger partial charge in [-0.3, -0.25) is 9.69 Å². The Morgan fingerprint density at radius 2 is 1.88 bits per heavy atom. The van der Waals surface area contributed by atoms with Crippen LogP contribution in [0.4, 0.5) is 4.39 Å². The van der Waals surface area contributed by atoms with Gasteiger partial charge in [0.15, 0.2) is 0 Å². The zero-order valence-electron chi connectivity index (χ0n) is 15.5. The van der Waals surface area contributed by atoms with Crippen molar-refractivity contribution in [2.24, 2.45) is 0 Å². The molecule has 1 saturated heterocycles. The minimum absolute atomic E-state index is 0.100. The number of nitrogens with zero attached hydrogens (tertiary/aromatic N) is 2. The molecule has 1 aliphatic heterocycles. The molecular weight excluding hydrogens is 303 g/mol. The van der Waals surface area contributed by atoms with E-state index in [1.807, 2.05) is 19.2 Å². The molecule has 0 aliphatic carbocycles. The first-order chi connectivity index (χ1) is 11.2. The van der Waals surface area contributed by atoms with Crippen LogP contribution in [0, 0.1) is 5.82 Å². The molecule has 3 nitrogen and oxygen atoms in total. The van der Waals surface area contributed by atoms with Gasteiger partial charge in [-0.05, 0) is 43.4 Å². The summed E-state index contributed by atoms with van der Waals surface area (Å²) in [6, 6.07) is 6.97. The minimum atomic E-state index is -0.208. The van der Waals surface area contributed by atoms with Crippen molar-refractivity contribution < 1.29 is 9.18 Å². The van der Waals surface area contributed by atoms with Crippen molar-refractivity contribution >= 4 is 5.91 Å². The maximum atomic E-state index is 13.2. The van der Waals surface area contributed by atoms with Gasteiger partial charge in [-0.15, -0.1) is 0 Å². The Morgan fingerprint density at radius 3 is 2.42 bits per heavy atom. The molecule has 24 heavy (non-hydrogen) atoms. The molecule has 0 bridgehead atoms. The van der Waals surface area contributed by atoms with Crippen molar-refractivity contribution in [2.45, 2.75) is 45.6 Å². The third-order valence-electron chi connectivity index (χ3n) is 4.83. The highest BCUT2D eigenvalue weighted by molar-refractivity contribution is 5.78. The van der Waals surface area contributed by atoms with E-state index in [0.717, 1.165) is 25.1 Å². The van der Waals surface area contributed by atoms with Crippen LogP contribution in [-0.2, 0) is 10.2 Å². The van der Waals surface area contributed by atoms with Gasteiger partial charge in [0.05, 0.1) is 6.54 Å². The van der Waals surface area contributed by atoms with Crippen molar-refractivity contribution in [3.63, 3.8) is 0 Å². The Labute approximate surface area is 145 Å². The molecule has 0 spiro atoms. The van der Waals surface area contributed by atoms with Crippen LogP contribution in [0.5, 0.6) is 0 Å². The van der Waals surface area contributed by atoms with Crippen LogP contribution in [-0.4, -0.2) is 48.4 Å². The van der Waals surface area contributed by atoms with Crippen LogP contribution in [0.1, 0.15) is 39.7 Å². The summed E-state index contributed by atoms with van der Waals surface area (Å²) in [6.07, 6.45) is 3.14. The summed E-state index contributed by atoms with van der Waals surface area (Å²) < 4.78 is 13.2. The van der Waals surface area contributed by atoms with E-state index in [1.165, 1.54) is 17.7 Å². The Morgan fingerprint density at radius 1 is 1.25 bits per heavy atom. The first-order valence-corrected chi connectivity index (χ1v) is 8.58. The second kappa shape index (κ2) is 7.47. The van der Waals surface area contributed by atoms with Gasteiger partial charge in [0.1, 0.15) is 5.82 Å². The highest BCUT2D eigenvalue weighted by Crippen LogP contribution is 2.31. The Balaban J connectivity index is 2.20. The van der Waals surface area contributed by atoms with Crippen LogP contribution in [0.25, 0.3) is 0 Å². The number of hydrogen-bond acceptors (Lipinski definition) is 2. The largest absolute Gasteiger partial charge is 0.343 e. The second-order valence-corrected chi connectivity index (χ2v) is 7.69. The predicted octanol–water partition coefficient (Wildman–Crippen LogP) is 3.60. The van der Waals surface area contributed by atoms with Crippen LogP contribution < -0.4 is 0 Å². The Bertz CT molecular complexity index is 603. The monoisotopic (exact) mass is 332 g/mol. The lowest BCUT2D eigenvalue weighted by molar-refractivity contribution is -0.135. The third-order valence-corrected chi connectivity index (χ3v) is 4.83. The second-order valence-electron chi connectivity index (χ2n) is 7.69. The molecule has 4 heteroatoms. The van der Waals surface area contributed by atoms with Gasteiger partial charge in [-0.25, -0.2) is 4.39 Å². The number of amides is 1. The van der Waals surface area contributed by atoms with Crippen molar-refractivity contribution in [2.75, 3.05) is 26.7 Å². The number of benzene rings is 1. The number of allylic oxidation sites excluding steroid dienone is 1. The van der Waals surface area contributed by atoms with E-state index in [2.05, 4.69) is 38.7 Å². The summed E-state index contributed by atoms with van der Waals surface area (Å²) in [6.45, 7) is 10.7. The average molecular weight is 332 g/mol. The fourth-order valence-corrected chi connectivity index (χ4v) is 3.28. The zero-order chi connectivity index (χ0) is 17.9. The topological polar surface area (TPSA) is 23.6 Å². The van der Waals surface area contributed by atoms with Crippen molar-refractivity contribution in [1.82, 2.24) is 9.80 Å². The molecule has 1 fully saturated rings. The lowest BCUT2D eigenvalue weighted by Gasteiger charge is -2.40. The fraction of sp³-hybridized carbons (Fsp3) is 0.550. The van der Waals surface area contributed by atoms with Gasteiger partial charge in [0, 0.05) is 26.2 Å². The van der Waals surface area contributed by atoms with Crippen molar-refractivity contribution in [1.29, 1.82) is 0 Å². The van der Waals surface area contributed by atoms with Crippen LogP contribution in [0.3, 0.4) is 0 Å². The van der Waals surface area contributed by atoms with E-state index in [9.17, 15) is 9.18 Å². The number of carbonyl (C=O) groups is 1. The number of piperazine rings is 1. The lowest BCUT2D eigenvalue weighted by atomic mass is 9.78. The quantitative estimate of drug-likeness (QED) is 0.769. The maximum absolute atomic E-state index is 13.2. The van der Waals surface area contributed by atoms with Crippen LogP contribution >= 0.6 is 0 Å². The zero-order valence-corrected chi connectivity index (χ0v) is 15.5. The fourth-order valence-electron chi connectivity index (χ4n) is 3.28. The van der Waals surface area contributed by atoms with Crippen molar-refractivity contribution in [3.8, 4) is 0 Å². The van der Waals surface area contributed by atoms with Crippen LogP contribution in [0.2, 0.25) is 0 Å². The highest BCUT2D eigenvalue weighted by atomic mass is 19.1. The molecule has 0 radical (unpaired) electrons. The highest BCUT2D eigenvalue weighted by Gasteiger charge is 2.31. The molecule has 1 atom stereocenters. The number of hydrogen-bond donors (Lipinski definition) is 0. The van der Waals surface area contributed by atoms with E-state index in [0.29, 0.717) is 6.54 Å². The van der Waals surface area contributed by atoms with Crippen molar-refractivity contribution in [3.05, 3.63) is 47.3 Å². The summed E-state index contributed by atoms with van der Waals surface area (Å²) >= 11 is 0. The molecule has 2 rings (SSSR count). The standard InChI is InChI=1S/C20H29FN2O/c1-15(2)12-18(23-11-10-22(5)19(24)14-23)13-20(3,4)16-6-8-17(21)9-7-16/h6-9,12,18H,10-11,13-14H2,1-5H3. The Kier molecular flexibility index (Phi) is 5.81. The third kappa shape index (κ3) is 4.67. The van der Waals surface area contributed by atoms with Gasteiger partial charge >= 0.3 is 0 Å². The predicted molar refractivity (Wildman–Crippen MR) is 96.5 cm³/mol. The molecular formula is C20H29FN2O. The van der Waals surface area contributed by atoms with Gasteiger partial charge in [0.2, 0.25) is 5.91 Å². The number of likely N-dealkylation sites (N-methyl/N-ethyl adjacent to an activating group) is 1. The minimum Gasteiger partial charge on any atom is -0.343 e. The molecule has 132 valence electrons. The first-order valence-electron chi connectivity index (χ1n) is 8.58. The van der Waals surface area contributed by atoms with Gasteiger partial charge in [0.25, 0.3) is 0 Å². The SMILES string of the molecule is CC(C)=CC(CC(C)(C)c1ccc(F)cc1)N1CCN(C)C(=O)C1. The normalized spacial score (nSPS) is 17.8. The van der Waals surface area contributed by atoms with Gasteiger partial charge < -0.3 is 4.90 Å². The van der Waals surface area contributed by atoms with E-state index in [-0.39, 0.29) is 23.2 Å². The van der Waals surface area contributed by atoms with E-state index in [4.69, 9.17) is 0 Å². The molecule has 0 aromatic heterocycles. The summed E-state index contributed by atoms with van der Waals surface area (Å²) in [4.78, 5) is 16.1. The van der Waals surface area contributed by atoms with E-state index in [1.54, 1.807) is 4.90 Å². The number of rotatable bonds is 5. The molecule has 0 saturated carbocycles. The number of carbonyl (C=O) groups excluding carboxylic acids is 1. The molecule has 1 aliphatic rings. The van der Waals surface area contributed by atoms with Gasteiger partial charge in [-0.1, -0.05) is 37.6 Å². The molecule has 1 heterocycles. The van der Waals surface area contributed by atoms with Crippen LogP contribution in [0.15, 0.2) is 35.9 Å². The maximum Gasteiger partial charge on any atom is 0.236 e. The van der Waals surface area contributed by atoms with E-state index < -0.39 is 0 Å². The molecule has 1 unspecified atom stereocenters. The van der Waals surface area contributed by atoms with E-state index >= 15 is 0 Å². The molecule has 1 aromatic carbocycles. The summed E-state index contributed by atoms with van der Waals surface area (Å²) in [5.74, 6) is -0.0342. The lowest BCUT2D eigenvalue weighted by Crippen LogP contribution is -2.52. The Hall–Kier alpha value is -1.68. The van der Waals surface area contributed by atoms with Gasteiger partial charge in [-0.2, -0.15) is 0 Å². The summed E-state index contributed by atoms with van der Waals surface area (Å²) in [7, 11) is 1.86. The summed E-state index contributed by atoms with van der Waals surface area (Å²) in [5, 5.41) is 0. The molecule has 0 N–H and O–H groups in total. The number of halogens is 1. The summed E-state index contributed by atoms with van der Waals surface area (Å²) in [5.41, 5.74) is 2.27.